The van der Waals surface area contributed by atoms with Crippen LogP contribution in [0, 0.1) is 5.41 Å². The Balaban J connectivity index is 1.63. The second-order valence-electron chi connectivity index (χ2n) is 6.71. The summed E-state index contributed by atoms with van der Waals surface area (Å²) in [6.45, 7) is 4.83. The molecule has 4 rings (SSSR count). The summed E-state index contributed by atoms with van der Waals surface area (Å²) in [5.74, 6) is 1.18. The highest BCUT2D eigenvalue weighted by atomic mass is 32.1. The van der Waals surface area contributed by atoms with Gasteiger partial charge in [0.25, 0.3) is 11.8 Å². The van der Waals surface area contributed by atoms with Crippen LogP contribution in [0.2, 0.25) is 0 Å². The average Bonchev–Trinajstić information content (AvgIpc) is 3.24. The summed E-state index contributed by atoms with van der Waals surface area (Å²) in [6, 6.07) is 4.02. The molecule has 0 unspecified atom stereocenters. The summed E-state index contributed by atoms with van der Waals surface area (Å²) >= 11 is 1.65. The molecule has 124 valence electrons. The zero-order valence-electron chi connectivity index (χ0n) is 13.4. The number of amides is 1. The molecule has 1 aliphatic rings. The molecule has 4 heterocycles. The van der Waals surface area contributed by atoms with Gasteiger partial charge < -0.3 is 14.8 Å². The van der Waals surface area contributed by atoms with Gasteiger partial charge in [0, 0.05) is 23.5 Å². The number of nitrogens with zero attached hydrogens (tertiary/aromatic N) is 3. The van der Waals surface area contributed by atoms with Gasteiger partial charge >= 0.3 is 0 Å². The van der Waals surface area contributed by atoms with E-state index in [4.69, 9.17) is 4.52 Å². The van der Waals surface area contributed by atoms with Gasteiger partial charge in [0.15, 0.2) is 11.6 Å². The summed E-state index contributed by atoms with van der Waals surface area (Å²) < 4.78 is 5.31. The van der Waals surface area contributed by atoms with Crippen molar-refractivity contribution in [2.75, 3.05) is 6.54 Å². The number of rotatable bonds is 3. The summed E-state index contributed by atoms with van der Waals surface area (Å²) in [6.07, 6.45) is 1.35. The van der Waals surface area contributed by atoms with E-state index in [1.165, 1.54) is 4.88 Å². The Morgan fingerprint density at radius 3 is 3.04 bits per heavy atom. The fourth-order valence-electron chi connectivity index (χ4n) is 2.76. The van der Waals surface area contributed by atoms with E-state index in [1.54, 1.807) is 11.3 Å². The summed E-state index contributed by atoms with van der Waals surface area (Å²) in [7, 11) is 0. The highest BCUT2D eigenvalue weighted by Gasteiger charge is 2.30. The third-order valence-electron chi connectivity index (χ3n) is 3.96. The number of carbonyl (C=O) groups excluding carboxylic acids is 1. The first-order valence-corrected chi connectivity index (χ1v) is 8.60. The first kappa shape index (κ1) is 15.1. The third-order valence-corrected chi connectivity index (χ3v) is 4.84. The molecule has 0 saturated carbocycles. The SMILES string of the molecule is CC1(C)CNC(=O)c2nc(-c3nc(Cc4cccs4)no3)[nH]c2C1. The van der Waals surface area contributed by atoms with Crippen LogP contribution in [-0.4, -0.2) is 32.6 Å². The molecule has 0 bridgehead atoms. The summed E-state index contributed by atoms with van der Waals surface area (Å²) in [4.78, 5) is 25.3. The van der Waals surface area contributed by atoms with Crippen molar-refractivity contribution in [3.63, 3.8) is 0 Å². The average molecular weight is 343 g/mol. The van der Waals surface area contributed by atoms with E-state index >= 15 is 0 Å². The Hall–Kier alpha value is -2.48. The molecule has 8 heteroatoms. The maximum Gasteiger partial charge on any atom is 0.293 e. The lowest BCUT2D eigenvalue weighted by Crippen LogP contribution is -2.32. The van der Waals surface area contributed by atoms with Crippen molar-refractivity contribution >= 4 is 17.2 Å². The molecule has 0 radical (unpaired) electrons. The number of nitrogens with one attached hydrogen (secondary N) is 2. The maximum atomic E-state index is 12.2. The van der Waals surface area contributed by atoms with Crippen LogP contribution >= 0.6 is 11.3 Å². The molecule has 0 aromatic carbocycles. The van der Waals surface area contributed by atoms with Crippen molar-refractivity contribution in [3.8, 4) is 11.7 Å². The smallest absolute Gasteiger partial charge is 0.293 e. The van der Waals surface area contributed by atoms with E-state index in [1.807, 2.05) is 17.5 Å². The number of fused-ring (bicyclic) bond motifs is 1. The van der Waals surface area contributed by atoms with Crippen molar-refractivity contribution in [3.05, 3.63) is 39.6 Å². The highest BCUT2D eigenvalue weighted by molar-refractivity contribution is 7.09. The van der Waals surface area contributed by atoms with E-state index < -0.39 is 0 Å². The number of hydrogen-bond acceptors (Lipinski definition) is 6. The van der Waals surface area contributed by atoms with Crippen LogP contribution in [0.4, 0.5) is 0 Å². The van der Waals surface area contributed by atoms with Crippen LogP contribution in [-0.2, 0) is 12.8 Å². The lowest BCUT2D eigenvalue weighted by atomic mass is 9.88. The van der Waals surface area contributed by atoms with Gasteiger partial charge in [-0.25, -0.2) is 4.98 Å². The van der Waals surface area contributed by atoms with Crippen molar-refractivity contribution < 1.29 is 9.32 Å². The molecule has 3 aromatic heterocycles. The Morgan fingerprint density at radius 1 is 1.38 bits per heavy atom. The number of imidazole rings is 1. The zero-order valence-corrected chi connectivity index (χ0v) is 14.2. The molecule has 0 fully saturated rings. The van der Waals surface area contributed by atoms with Gasteiger partial charge in [0.2, 0.25) is 0 Å². The number of aromatic amines is 1. The number of H-pyrrole nitrogens is 1. The monoisotopic (exact) mass is 343 g/mol. The first-order valence-electron chi connectivity index (χ1n) is 7.73. The number of hydrogen-bond donors (Lipinski definition) is 2. The van der Waals surface area contributed by atoms with Crippen molar-refractivity contribution in [1.29, 1.82) is 0 Å². The molecular weight excluding hydrogens is 326 g/mol. The molecule has 0 aliphatic carbocycles. The second-order valence-corrected chi connectivity index (χ2v) is 7.74. The van der Waals surface area contributed by atoms with Gasteiger partial charge in [0.1, 0.15) is 5.69 Å². The van der Waals surface area contributed by atoms with Crippen molar-refractivity contribution in [2.45, 2.75) is 26.7 Å². The van der Waals surface area contributed by atoms with Crippen LogP contribution < -0.4 is 5.32 Å². The Labute approximate surface area is 142 Å². The molecule has 24 heavy (non-hydrogen) atoms. The minimum absolute atomic E-state index is 0.0378. The normalized spacial score (nSPS) is 16.5. The van der Waals surface area contributed by atoms with Crippen LogP contribution in [0.5, 0.6) is 0 Å². The van der Waals surface area contributed by atoms with Gasteiger partial charge in [-0.1, -0.05) is 25.1 Å². The summed E-state index contributed by atoms with van der Waals surface area (Å²) in [5.41, 5.74) is 1.18. The van der Waals surface area contributed by atoms with Gasteiger partial charge in [-0.2, -0.15) is 4.98 Å². The Bertz CT molecular complexity index is 878. The molecule has 1 amide bonds. The van der Waals surface area contributed by atoms with Gasteiger partial charge in [-0.05, 0) is 23.3 Å². The molecule has 2 N–H and O–H groups in total. The van der Waals surface area contributed by atoms with E-state index in [9.17, 15) is 4.79 Å². The van der Waals surface area contributed by atoms with Crippen LogP contribution in [0.25, 0.3) is 11.7 Å². The molecule has 1 aliphatic heterocycles. The fourth-order valence-corrected chi connectivity index (χ4v) is 3.46. The highest BCUT2D eigenvalue weighted by Crippen LogP contribution is 2.27. The molecule has 0 spiro atoms. The quantitative estimate of drug-likeness (QED) is 0.761. The maximum absolute atomic E-state index is 12.2. The number of aromatic nitrogens is 4. The second kappa shape index (κ2) is 5.55. The number of carbonyl (C=O) groups is 1. The Morgan fingerprint density at radius 2 is 2.25 bits per heavy atom. The van der Waals surface area contributed by atoms with Crippen LogP contribution in [0.1, 0.15) is 40.7 Å². The predicted molar refractivity (Wildman–Crippen MR) is 88.8 cm³/mol. The van der Waals surface area contributed by atoms with Crippen molar-refractivity contribution in [2.24, 2.45) is 5.41 Å². The fraction of sp³-hybridized carbons (Fsp3) is 0.375. The predicted octanol–water partition coefficient (Wildman–Crippen LogP) is 2.42. The zero-order chi connectivity index (χ0) is 16.7. The van der Waals surface area contributed by atoms with Crippen LogP contribution in [0.15, 0.2) is 22.0 Å². The van der Waals surface area contributed by atoms with Crippen molar-refractivity contribution in [1.82, 2.24) is 25.4 Å². The molecule has 0 atom stereocenters. The number of thiophene rings is 1. The lowest BCUT2D eigenvalue weighted by molar-refractivity contribution is 0.0940. The topological polar surface area (TPSA) is 96.7 Å². The lowest BCUT2D eigenvalue weighted by Gasteiger charge is -2.21. The molecule has 7 nitrogen and oxygen atoms in total. The minimum Gasteiger partial charge on any atom is -0.350 e. The molecule has 3 aromatic rings. The van der Waals surface area contributed by atoms with E-state index in [0.717, 1.165) is 12.1 Å². The third kappa shape index (κ3) is 2.84. The van der Waals surface area contributed by atoms with Gasteiger partial charge in [-0.15, -0.1) is 11.3 Å². The largest absolute Gasteiger partial charge is 0.350 e. The molecule has 0 saturated heterocycles. The Kier molecular flexibility index (Phi) is 3.49. The van der Waals surface area contributed by atoms with E-state index in [0.29, 0.717) is 36.2 Å². The molecular formula is C16H17N5O2S. The first-order chi connectivity index (χ1) is 11.5. The summed E-state index contributed by atoms with van der Waals surface area (Å²) in [5, 5.41) is 8.92. The van der Waals surface area contributed by atoms with Crippen LogP contribution in [0.3, 0.4) is 0 Å². The van der Waals surface area contributed by atoms with E-state index in [-0.39, 0.29) is 11.3 Å². The van der Waals surface area contributed by atoms with Gasteiger partial charge in [-0.3, -0.25) is 4.79 Å². The van der Waals surface area contributed by atoms with Gasteiger partial charge in [0.05, 0.1) is 0 Å². The van der Waals surface area contributed by atoms with E-state index in [2.05, 4.69) is 39.3 Å². The standard InChI is InChI=1S/C16H17N5O2S/c1-16(2)7-10-12(14(22)17-8-16)20-13(18-10)15-19-11(21-23-15)6-9-4-3-5-24-9/h3-5H,6-8H2,1-2H3,(H,17,22)(H,18,20). The minimum atomic E-state index is -0.170.